The Morgan fingerprint density at radius 2 is 2.42 bits per heavy atom. The minimum atomic E-state index is -0.929. The molecule has 0 radical (unpaired) electrons. The van der Waals surface area contributed by atoms with Gasteiger partial charge in [-0.2, -0.15) is 0 Å². The molecule has 5 nitrogen and oxygen atoms in total. The lowest BCUT2D eigenvalue weighted by Gasteiger charge is -2.29. The van der Waals surface area contributed by atoms with Crippen LogP contribution in [0.15, 0.2) is 10.5 Å². The van der Waals surface area contributed by atoms with Crippen molar-refractivity contribution in [3.63, 3.8) is 0 Å². The van der Waals surface area contributed by atoms with Gasteiger partial charge in [-0.05, 0) is 51.9 Å². The number of nitrogens with one attached hydrogen (secondary N) is 1. The zero-order valence-corrected chi connectivity index (χ0v) is 11.6. The van der Waals surface area contributed by atoms with Crippen LogP contribution < -0.4 is 5.32 Å². The second-order valence-corrected chi connectivity index (χ2v) is 5.39. The average Bonchev–Trinajstić information content (AvgIpc) is 2.71. The summed E-state index contributed by atoms with van der Waals surface area (Å²) in [7, 11) is 2.15. The summed E-state index contributed by atoms with van der Waals surface area (Å²) in [5.74, 6) is 0.913. The molecule has 0 amide bonds. The minimum Gasteiger partial charge on any atom is -0.478 e. The molecule has 1 aliphatic rings. The van der Waals surface area contributed by atoms with E-state index in [1.54, 1.807) is 13.0 Å². The number of nitrogens with zero attached hydrogens (tertiary/aromatic N) is 1. The summed E-state index contributed by atoms with van der Waals surface area (Å²) in [6, 6.07) is 1.61. The van der Waals surface area contributed by atoms with Crippen LogP contribution in [0.3, 0.4) is 0 Å². The molecule has 1 atom stereocenters. The van der Waals surface area contributed by atoms with Crippen molar-refractivity contribution in [3.8, 4) is 0 Å². The Hall–Kier alpha value is -1.33. The molecule has 2 rings (SSSR count). The first-order chi connectivity index (χ1) is 9.06. The number of hydrogen-bond donors (Lipinski definition) is 2. The first-order valence-electron chi connectivity index (χ1n) is 6.78. The Labute approximate surface area is 113 Å². The van der Waals surface area contributed by atoms with E-state index >= 15 is 0 Å². The van der Waals surface area contributed by atoms with E-state index in [1.807, 2.05) is 0 Å². The van der Waals surface area contributed by atoms with Gasteiger partial charge in [0.2, 0.25) is 0 Å². The van der Waals surface area contributed by atoms with Gasteiger partial charge in [0.05, 0.1) is 6.54 Å². The van der Waals surface area contributed by atoms with Crippen molar-refractivity contribution in [2.45, 2.75) is 26.3 Å². The van der Waals surface area contributed by atoms with Crippen LogP contribution in [0.5, 0.6) is 0 Å². The second-order valence-electron chi connectivity index (χ2n) is 5.39. The van der Waals surface area contributed by atoms with E-state index in [1.165, 1.54) is 19.4 Å². The quantitative estimate of drug-likeness (QED) is 0.849. The number of likely N-dealkylation sites (tertiary alicyclic amines) is 1. The lowest BCUT2D eigenvalue weighted by Crippen LogP contribution is -2.37. The fourth-order valence-electron chi connectivity index (χ4n) is 2.68. The van der Waals surface area contributed by atoms with Crippen LogP contribution in [-0.4, -0.2) is 42.7 Å². The number of carboxylic acid groups (broad SMARTS) is 1. The molecule has 1 aromatic rings. The summed E-state index contributed by atoms with van der Waals surface area (Å²) in [6.45, 7) is 5.55. The van der Waals surface area contributed by atoms with Crippen LogP contribution in [0.4, 0.5) is 0 Å². The molecule has 19 heavy (non-hydrogen) atoms. The molecule has 5 heteroatoms. The number of carbonyl (C=O) groups is 1. The number of aryl methyl sites for hydroxylation is 1. The fraction of sp³-hybridized carbons (Fsp3) is 0.643. The van der Waals surface area contributed by atoms with Crippen LogP contribution in [-0.2, 0) is 6.54 Å². The van der Waals surface area contributed by atoms with Gasteiger partial charge in [0.15, 0.2) is 0 Å². The van der Waals surface area contributed by atoms with Gasteiger partial charge in [0.1, 0.15) is 17.1 Å². The standard InChI is InChI=1S/C14H22N2O3/c1-10-13(14(17)18)6-12(19-10)8-15-7-11-4-3-5-16(2)9-11/h6,11,15H,3-5,7-9H2,1-2H3,(H,17,18). The molecule has 1 fully saturated rings. The van der Waals surface area contributed by atoms with Crippen molar-refractivity contribution in [2.75, 3.05) is 26.7 Å². The molecule has 1 aromatic heterocycles. The number of aromatic carboxylic acids is 1. The van der Waals surface area contributed by atoms with Gasteiger partial charge in [-0.15, -0.1) is 0 Å². The predicted molar refractivity (Wildman–Crippen MR) is 72.3 cm³/mol. The van der Waals surface area contributed by atoms with Gasteiger partial charge in [0.25, 0.3) is 0 Å². The fourth-order valence-corrected chi connectivity index (χ4v) is 2.68. The first-order valence-corrected chi connectivity index (χ1v) is 6.78. The lowest BCUT2D eigenvalue weighted by atomic mass is 9.98. The van der Waals surface area contributed by atoms with Crippen molar-refractivity contribution in [3.05, 3.63) is 23.2 Å². The van der Waals surface area contributed by atoms with Crippen molar-refractivity contribution in [1.82, 2.24) is 10.2 Å². The molecule has 1 unspecified atom stereocenters. The van der Waals surface area contributed by atoms with Crippen molar-refractivity contribution in [1.29, 1.82) is 0 Å². The number of rotatable bonds is 5. The Kier molecular flexibility index (Phi) is 4.61. The summed E-state index contributed by atoms with van der Waals surface area (Å²) < 4.78 is 5.43. The highest BCUT2D eigenvalue weighted by Crippen LogP contribution is 2.16. The minimum absolute atomic E-state index is 0.259. The van der Waals surface area contributed by atoms with Crippen molar-refractivity contribution in [2.24, 2.45) is 5.92 Å². The zero-order chi connectivity index (χ0) is 13.8. The Morgan fingerprint density at radius 1 is 1.63 bits per heavy atom. The van der Waals surface area contributed by atoms with E-state index in [0.29, 0.717) is 24.0 Å². The summed E-state index contributed by atoms with van der Waals surface area (Å²) in [5.41, 5.74) is 0.259. The van der Waals surface area contributed by atoms with Crippen LogP contribution in [0.2, 0.25) is 0 Å². The maximum atomic E-state index is 10.9. The molecule has 0 bridgehead atoms. The molecular formula is C14H22N2O3. The van der Waals surface area contributed by atoms with Crippen molar-refractivity contribution < 1.29 is 14.3 Å². The highest BCUT2D eigenvalue weighted by Gasteiger charge is 2.17. The highest BCUT2D eigenvalue weighted by molar-refractivity contribution is 5.88. The van der Waals surface area contributed by atoms with Gasteiger partial charge in [-0.3, -0.25) is 0 Å². The molecule has 0 aliphatic carbocycles. The van der Waals surface area contributed by atoms with Gasteiger partial charge in [-0.25, -0.2) is 4.79 Å². The summed E-state index contributed by atoms with van der Waals surface area (Å²) >= 11 is 0. The maximum absolute atomic E-state index is 10.9. The van der Waals surface area contributed by atoms with Crippen molar-refractivity contribution >= 4 is 5.97 Å². The molecule has 2 N–H and O–H groups in total. The number of carboxylic acids is 1. The molecule has 1 aliphatic heterocycles. The van der Waals surface area contributed by atoms with Gasteiger partial charge >= 0.3 is 5.97 Å². The normalized spacial score (nSPS) is 20.6. The van der Waals surface area contributed by atoms with Crippen LogP contribution in [0, 0.1) is 12.8 Å². The maximum Gasteiger partial charge on any atom is 0.339 e. The number of hydrogen-bond acceptors (Lipinski definition) is 4. The van der Waals surface area contributed by atoms with E-state index in [2.05, 4.69) is 17.3 Å². The Morgan fingerprint density at radius 3 is 3.05 bits per heavy atom. The van der Waals surface area contributed by atoms with E-state index in [-0.39, 0.29) is 5.56 Å². The molecule has 0 spiro atoms. The van der Waals surface area contributed by atoms with Crippen LogP contribution >= 0.6 is 0 Å². The zero-order valence-electron chi connectivity index (χ0n) is 11.6. The molecule has 0 saturated carbocycles. The van der Waals surface area contributed by atoms with Crippen LogP contribution in [0.25, 0.3) is 0 Å². The lowest BCUT2D eigenvalue weighted by molar-refractivity contribution is 0.0695. The van der Waals surface area contributed by atoms with Gasteiger partial charge < -0.3 is 19.7 Å². The number of furan rings is 1. The third-order valence-electron chi connectivity index (χ3n) is 3.65. The topological polar surface area (TPSA) is 65.7 Å². The Bertz CT molecular complexity index is 442. The smallest absolute Gasteiger partial charge is 0.339 e. The SMILES string of the molecule is Cc1oc(CNCC2CCCN(C)C2)cc1C(=O)O. The van der Waals surface area contributed by atoms with Gasteiger partial charge in [-0.1, -0.05) is 0 Å². The molecule has 2 heterocycles. The molecule has 1 saturated heterocycles. The first kappa shape index (κ1) is 14.1. The van der Waals surface area contributed by atoms with E-state index in [9.17, 15) is 4.79 Å². The van der Waals surface area contributed by atoms with Gasteiger partial charge in [0, 0.05) is 6.54 Å². The third kappa shape index (κ3) is 3.81. The Balaban J connectivity index is 1.79. The second kappa shape index (κ2) is 6.21. The summed E-state index contributed by atoms with van der Waals surface area (Å²) in [4.78, 5) is 13.3. The number of piperidine rings is 1. The molecule has 106 valence electrons. The summed E-state index contributed by atoms with van der Waals surface area (Å²) in [5, 5.41) is 12.3. The molecular weight excluding hydrogens is 244 g/mol. The summed E-state index contributed by atoms with van der Waals surface area (Å²) in [6.07, 6.45) is 2.51. The molecule has 0 aromatic carbocycles. The monoisotopic (exact) mass is 266 g/mol. The largest absolute Gasteiger partial charge is 0.478 e. The highest BCUT2D eigenvalue weighted by atomic mass is 16.4. The van der Waals surface area contributed by atoms with E-state index < -0.39 is 5.97 Å². The predicted octanol–water partition coefficient (Wildman–Crippen LogP) is 1.72. The van der Waals surface area contributed by atoms with E-state index in [4.69, 9.17) is 9.52 Å². The van der Waals surface area contributed by atoms with E-state index in [0.717, 1.165) is 13.1 Å². The third-order valence-corrected chi connectivity index (χ3v) is 3.65. The van der Waals surface area contributed by atoms with Crippen LogP contribution in [0.1, 0.15) is 34.7 Å². The average molecular weight is 266 g/mol.